The molecule has 9 heteroatoms. The Morgan fingerprint density at radius 2 is 1.66 bits per heavy atom. The van der Waals surface area contributed by atoms with Gasteiger partial charge in [0.2, 0.25) is 0 Å². The SMILES string of the molecule is CCS(=O)(=O)c1ccc(CC(=O)Cc2cc(C)c(C3(c4noc(-c5ccc(F)cc5)n4)CC3)c(C)c2)cn1. The van der Waals surface area contributed by atoms with E-state index in [2.05, 4.69) is 15.1 Å². The summed E-state index contributed by atoms with van der Waals surface area (Å²) in [6.07, 6.45) is 3.69. The molecule has 2 aromatic heterocycles. The molecule has 0 spiro atoms. The number of halogens is 1. The van der Waals surface area contributed by atoms with E-state index in [1.165, 1.54) is 24.4 Å². The molecule has 4 aromatic rings. The largest absolute Gasteiger partial charge is 0.334 e. The van der Waals surface area contributed by atoms with Crippen LogP contribution in [0.4, 0.5) is 4.39 Å². The summed E-state index contributed by atoms with van der Waals surface area (Å²) < 4.78 is 42.7. The molecule has 38 heavy (non-hydrogen) atoms. The third-order valence-electron chi connectivity index (χ3n) is 7.07. The number of rotatable bonds is 9. The first kappa shape index (κ1) is 25.9. The fourth-order valence-electron chi connectivity index (χ4n) is 5.11. The number of ketones is 1. The average Bonchev–Trinajstić information content (AvgIpc) is 3.51. The van der Waals surface area contributed by atoms with Crippen molar-refractivity contribution in [2.75, 3.05) is 5.75 Å². The van der Waals surface area contributed by atoms with Crippen LogP contribution in [0.3, 0.4) is 0 Å². The Bertz CT molecular complexity index is 1580. The highest BCUT2D eigenvalue weighted by Crippen LogP contribution is 2.54. The van der Waals surface area contributed by atoms with Crippen molar-refractivity contribution in [1.29, 1.82) is 0 Å². The normalized spacial score (nSPS) is 14.4. The number of aromatic nitrogens is 3. The molecule has 7 nitrogen and oxygen atoms in total. The monoisotopic (exact) mass is 533 g/mol. The van der Waals surface area contributed by atoms with Gasteiger partial charge in [-0.1, -0.05) is 30.3 Å². The summed E-state index contributed by atoms with van der Waals surface area (Å²) >= 11 is 0. The maximum atomic E-state index is 13.3. The first-order valence-electron chi connectivity index (χ1n) is 12.5. The Kier molecular flexibility index (Phi) is 6.73. The summed E-state index contributed by atoms with van der Waals surface area (Å²) in [7, 11) is -3.37. The molecule has 5 rings (SSSR count). The van der Waals surface area contributed by atoms with Gasteiger partial charge < -0.3 is 4.52 Å². The number of pyridine rings is 1. The van der Waals surface area contributed by atoms with Crippen LogP contribution in [0.5, 0.6) is 0 Å². The summed E-state index contributed by atoms with van der Waals surface area (Å²) in [5.74, 6) is 0.657. The molecule has 0 aliphatic heterocycles. The maximum absolute atomic E-state index is 13.3. The van der Waals surface area contributed by atoms with Crippen LogP contribution in [0, 0.1) is 19.7 Å². The second kappa shape index (κ2) is 9.87. The summed E-state index contributed by atoms with van der Waals surface area (Å²) in [6, 6.07) is 13.1. The van der Waals surface area contributed by atoms with Crippen molar-refractivity contribution < 1.29 is 22.1 Å². The summed E-state index contributed by atoms with van der Waals surface area (Å²) in [5.41, 5.74) is 5.22. The zero-order valence-corrected chi connectivity index (χ0v) is 22.3. The Labute approximate surface area is 221 Å². The van der Waals surface area contributed by atoms with E-state index in [9.17, 15) is 17.6 Å². The second-order valence-electron chi connectivity index (χ2n) is 9.92. The van der Waals surface area contributed by atoms with Gasteiger partial charge in [-0.05, 0) is 84.8 Å². The lowest BCUT2D eigenvalue weighted by molar-refractivity contribution is -0.117. The summed E-state index contributed by atoms with van der Waals surface area (Å²) in [6.45, 7) is 5.64. The second-order valence-corrected chi connectivity index (χ2v) is 12.1. The number of sulfone groups is 1. The molecule has 1 fully saturated rings. The number of benzene rings is 2. The first-order valence-corrected chi connectivity index (χ1v) is 14.2. The molecule has 2 aromatic carbocycles. The van der Waals surface area contributed by atoms with Gasteiger partial charge in [-0.2, -0.15) is 4.98 Å². The van der Waals surface area contributed by atoms with Gasteiger partial charge >= 0.3 is 0 Å². The standard InChI is InChI=1S/C29H28FN3O4S/c1-4-38(35,36)25-10-5-20(17-31-25)15-24(34)16-21-13-18(2)26(19(3)14-21)29(11-12-29)28-32-27(37-33-28)22-6-8-23(30)9-7-22/h5-10,13-14,17H,4,11-12,15-16H2,1-3H3. The van der Waals surface area contributed by atoms with Crippen LogP contribution < -0.4 is 0 Å². The van der Waals surface area contributed by atoms with E-state index < -0.39 is 9.84 Å². The van der Waals surface area contributed by atoms with Crippen LogP contribution in [-0.2, 0) is 32.9 Å². The molecule has 1 aliphatic rings. The number of hydrogen-bond donors (Lipinski definition) is 0. The third kappa shape index (κ3) is 5.03. The van der Waals surface area contributed by atoms with Gasteiger partial charge in [0, 0.05) is 24.6 Å². The molecular formula is C29H28FN3O4S. The molecule has 0 saturated heterocycles. The van der Waals surface area contributed by atoms with E-state index in [1.807, 2.05) is 26.0 Å². The number of carbonyl (C=O) groups is 1. The summed E-state index contributed by atoms with van der Waals surface area (Å²) in [5, 5.41) is 4.30. The predicted molar refractivity (Wildman–Crippen MR) is 140 cm³/mol. The maximum Gasteiger partial charge on any atom is 0.257 e. The Morgan fingerprint density at radius 1 is 1.00 bits per heavy atom. The number of Topliss-reactive ketones (excluding diaryl/α,β-unsaturated/α-hetero) is 1. The van der Waals surface area contributed by atoms with Crippen molar-refractivity contribution in [3.8, 4) is 11.5 Å². The zero-order chi connectivity index (χ0) is 27.1. The van der Waals surface area contributed by atoms with Gasteiger partial charge in [0.05, 0.1) is 11.2 Å². The molecule has 0 N–H and O–H groups in total. The molecule has 0 bridgehead atoms. The molecule has 196 valence electrons. The highest BCUT2D eigenvalue weighted by Gasteiger charge is 2.51. The fourth-order valence-corrected chi connectivity index (χ4v) is 5.90. The highest BCUT2D eigenvalue weighted by atomic mass is 32.2. The number of hydrogen-bond acceptors (Lipinski definition) is 7. The lowest BCUT2D eigenvalue weighted by Crippen LogP contribution is -2.16. The van der Waals surface area contributed by atoms with E-state index in [0.717, 1.165) is 35.1 Å². The van der Waals surface area contributed by atoms with Crippen LogP contribution in [0.15, 0.2) is 64.3 Å². The van der Waals surface area contributed by atoms with Crippen LogP contribution >= 0.6 is 0 Å². The van der Waals surface area contributed by atoms with Crippen LogP contribution in [0.1, 0.15) is 53.4 Å². The van der Waals surface area contributed by atoms with Gasteiger partial charge in [-0.3, -0.25) is 4.79 Å². The molecule has 1 saturated carbocycles. The van der Waals surface area contributed by atoms with Crippen LogP contribution in [-0.4, -0.2) is 35.1 Å². The average molecular weight is 534 g/mol. The van der Waals surface area contributed by atoms with E-state index in [4.69, 9.17) is 4.52 Å². The van der Waals surface area contributed by atoms with Crippen LogP contribution in [0.2, 0.25) is 0 Å². The number of carbonyl (C=O) groups excluding carboxylic acids is 1. The number of nitrogens with zero attached hydrogens (tertiary/aromatic N) is 3. The molecule has 0 unspecified atom stereocenters. The van der Waals surface area contributed by atoms with Gasteiger partial charge in [0.1, 0.15) is 11.6 Å². The Morgan fingerprint density at radius 3 is 2.24 bits per heavy atom. The minimum atomic E-state index is -3.37. The first-order chi connectivity index (χ1) is 18.1. The zero-order valence-electron chi connectivity index (χ0n) is 21.5. The van der Waals surface area contributed by atoms with Crippen molar-refractivity contribution in [1.82, 2.24) is 15.1 Å². The van der Waals surface area contributed by atoms with Crippen molar-refractivity contribution in [3.63, 3.8) is 0 Å². The van der Waals surface area contributed by atoms with Gasteiger partial charge in [0.25, 0.3) is 5.89 Å². The molecule has 0 radical (unpaired) electrons. The van der Waals surface area contributed by atoms with E-state index in [-0.39, 0.29) is 40.6 Å². The minimum Gasteiger partial charge on any atom is -0.334 e. The topological polar surface area (TPSA) is 103 Å². The minimum absolute atomic E-state index is 0.0175. The van der Waals surface area contributed by atoms with Crippen molar-refractivity contribution in [2.24, 2.45) is 0 Å². The van der Waals surface area contributed by atoms with E-state index in [1.54, 1.807) is 25.1 Å². The molecular weight excluding hydrogens is 505 g/mol. The van der Waals surface area contributed by atoms with E-state index in [0.29, 0.717) is 22.8 Å². The quantitative estimate of drug-likeness (QED) is 0.294. The van der Waals surface area contributed by atoms with Gasteiger partial charge in [-0.15, -0.1) is 0 Å². The number of aryl methyl sites for hydroxylation is 2. The molecule has 1 aliphatic carbocycles. The lowest BCUT2D eigenvalue weighted by atomic mass is 9.85. The third-order valence-corrected chi connectivity index (χ3v) is 8.70. The van der Waals surface area contributed by atoms with Gasteiger partial charge in [0.15, 0.2) is 20.7 Å². The van der Waals surface area contributed by atoms with E-state index >= 15 is 0 Å². The lowest BCUT2D eigenvalue weighted by Gasteiger charge is -2.19. The fraction of sp³-hybridized carbons (Fsp3) is 0.310. The molecule has 0 atom stereocenters. The Hall–Kier alpha value is -3.72. The van der Waals surface area contributed by atoms with Crippen molar-refractivity contribution in [3.05, 3.63) is 94.2 Å². The van der Waals surface area contributed by atoms with Crippen molar-refractivity contribution >= 4 is 15.6 Å². The van der Waals surface area contributed by atoms with Gasteiger partial charge in [-0.25, -0.2) is 17.8 Å². The molecule has 2 heterocycles. The molecule has 0 amide bonds. The predicted octanol–water partition coefficient (Wildman–Crippen LogP) is 5.12. The van der Waals surface area contributed by atoms with Crippen LogP contribution in [0.25, 0.3) is 11.5 Å². The smallest absolute Gasteiger partial charge is 0.257 e. The van der Waals surface area contributed by atoms with Crippen molar-refractivity contribution in [2.45, 2.75) is 56.9 Å². The Balaban J connectivity index is 1.32. The highest BCUT2D eigenvalue weighted by molar-refractivity contribution is 7.91. The summed E-state index contributed by atoms with van der Waals surface area (Å²) in [4.78, 5) is 21.5.